The molecule has 4 N–H and O–H groups in total. The SMILES string of the molecule is CCCCC(O)(CC(N)=O)C(=O)O. The predicted octanol–water partition coefficient (Wildman–Crippen LogP) is -0.132. The Hall–Kier alpha value is -1.10. The average Bonchev–Trinajstić information content (AvgIpc) is 1.99. The molecule has 0 aliphatic rings. The quantitative estimate of drug-likeness (QED) is 0.541. The molecule has 0 aliphatic heterocycles. The third-order valence-corrected chi connectivity index (χ3v) is 1.81. The number of nitrogens with two attached hydrogens (primary N) is 1. The fourth-order valence-electron chi connectivity index (χ4n) is 1.03. The molecule has 0 aromatic rings. The van der Waals surface area contributed by atoms with Gasteiger partial charge in [0.15, 0.2) is 5.60 Å². The maximum Gasteiger partial charge on any atom is 0.336 e. The summed E-state index contributed by atoms with van der Waals surface area (Å²) in [5.74, 6) is -2.19. The van der Waals surface area contributed by atoms with Crippen LogP contribution < -0.4 is 5.73 Å². The largest absolute Gasteiger partial charge is 0.479 e. The van der Waals surface area contributed by atoms with Crippen molar-refractivity contribution in [2.75, 3.05) is 0 Å². The number of primary amides is 1. The summed E-state index contributed by atoms with van der Waals surface area (Å²) in [5, 5.41) is 18.1. The van der Waals surface area contributed by atoms with Crippen molar-refractivity contribution in [2.24, 2.45) is 5.73 Å². The van der Waals surface area contributed by atoms with Gasteiger partial charge in [-0.15, -0.1) is 0 Å². The fraction of sp³-hybridized carbons (Fsp3) is 0.750. The highest BCUT2D eigenvalue weighted by atomic mass is 16.4. The van der Waals surface area contributed by atoms with Crippen LogP contribution in [0.15, 0.2) is 0 Å². The zero-order valence-electron chi connectivity index (χ0n) is 7.62. The number of unbranched alkanes of at least 4 members (excludes halogenated alkanes) is 1. The molecule has 0 rings (SSSR count). The number of hydrogen-bond acceptors (Lipinski definition) is 3. The van der Waals surface area contributed by atoms with Crippen LogP contribution in [-0.2, 0) is 9.59 Å². The highest BCUT2D eigenvalue weighted by molar-refractivity contribution is 5.85. The minimum Gasteiger partial charge on any atom is -0.479 e. The average molecular weight is 189 g/mol. The third kappa shape index (κ3) is 3.89. The lowest BCUT2D eigenvalue weighted by molar-refractivity contribution is -0.162. The topological polar surface area (TPSA) is 101 Å². The minimum atomic E-state index is -1.98. The van der Waals surface area contributed by atoms with Crippen LogP contribution in [0.3, 0.4) is 0 Å². The Labute approximate surface area is 76.5 Å². The Morgan fingerprint density at radius 2 is 2.00 bits per heavy atom. The molecule has 0 aromatic carbocycles. The van der Waals surface area contributed by atoms with E-state index < -0.39 is 23.9 Å². The molecule has 0 bridgehead atoms. The first kappa shape index (κ1) is 11.9. The maximum absolute atomic E-state index is 10.6. The summed E-state index contributed by atoms with van der Waals surface area (Å²) in [7, 11) is 0. The first-order valence-electron chi connectivity index (χ1n) is 4.16. The second kappa shape index (κ2) is 4.81. The standard InChI is InChI=1S/C8H15NO4/c1-2-3-4-8(13,7(11)12)5-6(9)10/h13H,2-5H2,1H3,(H2,9,10)(H,11,12). The number of aliphatic carboxylic acids is 1. The molecule has 0 fully saturated rings. The maximum atomic E-state index is 10.6. The van der Waals surface area contributed by atoms with Crippen LogP contribution in [0.5, 0.6) is 0 Å². The highest BCUT2D eigenvalue weighted by Crippen LogP contribution is 2.18. The highest BCUT2D eigenvalue weighted by Gasteiger charge is 2.36. The van der Waals surface area contributed by atoms with E-state index in [0.29, 0.717) is 6.42 Å². The van der Waals surface area contributed by atoms with Gasteiger partial charge in [0.05, 0.1) is 6.42 Å². The molecule has 0 radical (unpaired) electrons. The molecule has 1 unspecified atom stereocenters. The minimum absolute atomic E-state index is 0.0573. The van der Waals surface area contributed by atoms with Gasteiger partial charge in [-0.1, -0.05) is 19.8 Å². The number of carboxylic acid groups (broad SMARTS) is 1. The molecule has 76 valence electrons. The number of amides is 1. The second-order valence-corrected chi connectivity index (χ2v) is 3.08. The van der Waals surface area contributed by atoms with Crippen LogP contribution in [0.25, 0.3) is 0 Å². The van der Waals surface area contributed by atoms with E-state index in [1.165, 1.54) is 0 Å². The summed E-state index contributed by atoms with van der Waals surface area (Å²) in [5.41, 5.74) is 2.84. The number of rotatable bonds is 6. The van der Waals surface area contributed by atoms with Gasteiger partial charge in [-0.3, -0.25) is 4.79 Å². The first-order valence-corrected chi connectivity index (χ1v) is 4.16. The second-order valence-electron chi connectivity index (χ2n) is 3.08. The van der Waals surface area contributed by atoms with Crippen LogP contribution in [0, 0.1) is 0 Å². The Balaban J connectivity index is 4.34. The van der Waals surface area contributed by atoms with Crippen molar-refractivity contribution in [1.29, 1.82) is 0 Å². The van der Waals surface area contributed by atoms with Gasteiger partial charge in [-0.25, -0.2) is 4.79 Å². The summed E-state index contributed by atoms with van der Waals surface area (Å²) < 4.78 is 0. The van der Waals surface area contributed by atoms with E-state index in [9.17, 15) is 14.7 Å². The van der Waals surface area contributed by atoms with Crippen LogP contribution in [0.2, 0.25) is 0 Å². The van der Waals surface area contributed by atoms with Crippen molar-refractivity contribution < 1.29 is 19.8 Å². The van der Waals surface area contributed by atoms with Crippen LogP contribution in [-0.4, -0.2) is 27.7 Å². The molecule has 1 atom stereocenters. The van der Waals surface area contributed by atoms with Crippen molar-refractivity contribution in [3.05, 3.63) is 0 Å². The van der Waals surface area contributed by atoms with Crippen molar-refractivity contribution in [1.82, 2.24) is 0 Å². The Kier molecular flexibility index (Phi) is 4.40. The molecule has 0 aromatic heterocycles. The zero-order valence-corrected chi connectivity index (χ0v) is 7.62. The summed E-state index contributed by atoms with van der Waals surface area (Å²) >= 11 is 0. The molecule has 0 spiro atoms. The van der Waals surface area contributed by atoms with Crippen LogP contribution in [0.1, 0.15) is 32.6 Å². The lowest BCUT2D eigenvalue weighted by atomic mass is 9.93. The molecule has 0 heterocycles. The van der Waals surface area contributed by atoms with E-state index in [-0.39, 0.29) is 6.42 Å². The van der Waals surface area contributed by atoms with Gasteiger partial charge in [0.2, 0.25) is 5.91 Å². The number of hydrogen-bond donors (Lipinski definition) is 3. The smallest absolute Gasteiger partial charge is 0.336 e. The van der Waals surface area contributed by atoms with E-state index in [0.717, 1.165) is 6.42 Å². The Morgan fingerprint density at radius 1 is 1.46 bits per heavy atom. The number of carboxylic acids is 1. The van der Waals surface area contributed by atoms with Gasteiger partial charge < -0.3 is 15.9 Å². The number of carbonyl (C=O) groups is 2. The summed E-state index contributed by atoms with van der Waals surface area (Å²) in [6.07, 6.45) is 0.842. The van der Waals surface area contributed by atoms with Crippen molar-refractivity contribution >= 4 is 11.9 Å². The van der Waals surface area contributed by atoms with Crippen molar-refractivity contribution in [3.63, 3.8) is 0 Å². The van der Waals surface area contributed by atoms with Crippen LogP contribution >= 0.6 is 0 Å². The summed E-state index contributed by atoms with van der Waals surface area (Å²) in [6, 6.07) is 0. The zero-order chi connectivity index (χ0) is 10.5. The monoisotopic (exact) mass is 189 g/mol. The summed E-state index contributed by atoms with van der Waals surface area (Å²) in [4.78, 5) is 21.1. The van der Waals surface area contributed by atoms with Gasteiger partial charge in [-0.2, -0.15) is 0 Å². The molecule has 0 aliphatic carbocycles. The lowest BCUT2D eigenvalue weighted by Crippen LogP contribution is -2.42. The van der Waals surface area contributed by atoms with Gasteiger partial charge in [0, 0.05) is 0 Å². The van der Waals surface area contributed by atoms with E-state index in [2.05, 4.69) is 0 Å². The third-order valence-electron chi connectivity index (χ3n) is 1.81. The fourth-order valence-corrected chi connectivity index (χ4v) is 1.03. The van der Waals surface area contributed by atoms with Gasteiger partial charge in [0.25, 0.3) is 0 Å². The molecule has 5 nitrogen and oxygen atoms in total. The molecule has 5 heteroatoms. The first-order chi connectivity index (χ1) is 5.92. The summed E-state index contributed by atoms with van der Waals surface area (Å²) in [6.45, 7) is 1.87. The Bertz CT molecular complexity index is 204. The number of aliphatic hydroxyl groups is 1. The molecule has 1 amide bonds. The lowest BCUT2D eigenvalue weighted by Gasteiger charge is -2.21. The molecule has 13 heavy (non-hydrogen) atoms. The van der Waals surface area contributed by atoms with Gasteiger partial charge >= 0.3 is 5.97 Å². The molecule has 0 saturated carbocycles. The Morgan fingerprint density at radius 3 is 2.31 bits per heavy atom. The van der Waals surface area contributed by atoms with E-state index >= 15 is 0 Å². The number of carbonyl (C=O) groups excluding carboxylic acids is 1. The normalized spacial score (nSPS) is 14.9. The molecular weight excluding hydrogens is 174 g/mol. The van der Waals surface area contributed by atoms with Crippen LogP contribution in [0.4, 0.5) is 0 Å². The predicted molar refractivity (Wildman–Crippen MR) is 45.9 cm³/mol. The van der Waals surface area contributed by atoms with E-state index in [1.807, 2.05) is 6.92 Å². The van der Waals surface area contributed by atoms with Crippen molar-refractivity contribution in [2.45, 2.75) is 38.2 Å². The van der Waals surface area contributed by atoms with Gasteiger partial charge in [-0.05, 0) is 6.42 Å². The van der Waals surface area contributed by atoms with Gasteiger partial charge in [0.1, 0.15) is 0 Å². The molecular formula is C8H15NO4. The molecule has 0 saturated heterocycles. The van der Waals surface area contributed by atoms with E-state index in [4.69, 9.17) is 10.8 Å². The van der Waals surface area contributed by atoms with E-state index in [1.54, 1.807) is 0 Å². The van der Waals surface area contributed by atoms with Crippen molar-refractivity contribution in [3.8, 4) is 0 Å².